The Morgan fingerprint density at radius 1 is 1.22 bits per heavy atom. The van der Waals surface area contributed by atoms with E-state index in [2.05, 4.69) is 21.2 Å². The highest BCUT2D eigenvalue weighted by Crippen LogP contribution is 2.29. The van der Waals surface area contributed by atoms with Crippen molar-refractivity contribution in [3.8, 4) is 0 Å². The number of nitrogens with one attached hydrogen (secondary N) is 1. The van der Waals surface area contributed by atoms with E-state index in [0.717, 1.165) is 10.2 Å². The van der Waals surface area contributed by atoms with E-state index < -0.39 is 0 Å². The zero-order chi connectivity index (χ0) is 13.1. The highest BCUT2D eigenvalue weighted by molar-refractivity contribution is 9.10. The zero-order valence-electron chi connectivity index (χ0n) is 9.75. The first-order valence-electron chi connectivity index (χ1n) is 5.54. The Kier molecular flexibility index (Phi) is 4.25. The summed E-state index contributed by atoms with van der Waals surface area (Å²) < 4.78 is 14.5. The van der Waals surface area contributed by atoms with Gasteiger partial charge in [-0.3, -0.25) is 0 Å². The van der Waals surface area contributed by atoms with Gasteiger partial charge in [0.15, 0.2) is 0 Å². The summed E-state index contributed by atoms with van der Waals surface area (Å²) in [5, 5.41) is 3.88. The molecule has 2 aromatic rings. The summed E-state index contributed by atoms with van der Waals surface area (Å²) in [6.45, 7) is 1.91. The molecule has 4 heteroatoms. The van der Waals surface area contributed by atoms with E-state index in [4.69, 9.17) is 11.6 Å². The smallest absolute Gasteiger partial charge is 0.128 e. The standard InChI is InChI=1S/C14H12BrClFN/c1-9(11-4-2-3-5-13(11)17)18-14-8-10(16)6-7-12(14)15/h2-9,18H,1H3. The Morgan fingerprint density at radius 2 is 1.94 bits per heavy atom. The first kappa shape index (κ1) is 13.4. The monoisotopic (exact) mass is 327 g/mol. The maximum Gasteiger partial charge on any atom is 0.128 e. The van der Waals surface area contributed by atoms with Gasteiger partial charge in [0.1, 0.15) is 5.82 Å². The van der Waals surface area contributed by atoms with Gasteiger partial charge in [0.2, 0.25) is 0 Å². The third-order valence-corrected chi connectivity index (χ3v) is 3.60. The Morgan fingerprint density at radius 3 is 2.67 bits per heavy atom. The van der Waals surface area contributed by atoms with Gasteiger partial charge in [-0.25, -0.2) is 4.39 Å². The molecule has 94 valence electrons. The summed E-state index contributed by atoms with van der Waals surface area (Å²) in [7, 11) is 0. The van der Waals surface area contributed by atoms with Crippen LogP contribution in [0.3, 0.4) is 0 Å². The lowest BCUT2D eigenvalue weighted by Crippen LogP contribution is -2.08. The van der Waals surface area contributed by atoms with Crippen LogP contribution < -0.4 is 5.32 Å². The fourth-order valence-corrected chi connectivity index (χ4v) is 2.28. The predicted molar refractivity (Wildman–Crippen MR) is 77.6 cm³/mol. The third-order valence-electron chi connectivity index (χ3n) is 2.67. The number of rotatable bonds is 3. The minimum atomic E-state index is -0.212. The highest BCUT2D eigenvalue weighted by atomic mass is 79.9. The topological polar surface area (TPSA) is 12.0 Å². The lowest BCUT2D eigenvalue weighted by atomic mass is 10.1. The van der Waals surface area contributed by atoms with Gasteiger partial charge in [-0.1, -0.05) is 29.8 Å². The van der Waals surface area contributed by atoms with Gasteiger partial charge in [-0.2, -0.15) is 0 Å². The average molecular weight is 329 g/mol. The molecular formula is C14H12BrClFN. The molecule has 0 radical (unpaired) electrons. The van der Waals surface area contributed by atoms with Crippen LogP contribution in [0.2, 0.25) is 5.02 Å². The summed E-state index contributed by atoms with van der Waals surface area (Å²) in [4.78, 5) is 0. The molecule has 18 heavy (non-hydrogen) atoms. The van der Waals surface area contributed by atoms with Gasteiger partial charge in [-0.15, -0.1) is 0 Å². The molecule has 1 nitrogen and oxygen atoms in total. The van der Waals surface area contributed by atoms with Crippen molar-refractivity contribution in [3.05, 3.63) is 63.3 Å². The second-order valence-corrected chi connectivity index (χ2v) is 5.30. The van der Waals surface area contributed by atoms with Gasteiger partial charge in [0, 0.05) is 15.1 Å². The molecule has 2 rings (SSSR count). The molecule has 0 heterocycles. The molecule has 1 N–H and O–H groups in total. The SMILES string of the molecule is CC(Nc1cc(Cl)ccc1Br)c1ccccc1F. The Hall–Kier alpha value is -1.06. The van der Waals surface area contributed by atoms with Crippen molar-refractivity contribution >= 4 is 33.2 Å². The van der Waals surface area contributed by atoms with Crippen LogP contribution in [-0.4, -0.2) is 0 Å². The molecule has 0 aliphatic heterocycles. The van der Waals surface area contributed by atoms with Crippen LogP contribution in [0.1, 0.15) is 18.5 Å². The van der Waals surface area contributed by atoms with Gasteiger partial charge >= 0.3 is 0 Å². The molecule has 0 spiro atoms. The van der Waals surface area contributed by atoms with Crippen molar-refractivity contribution in [2.45, 2.75) is 13.0 Å². The molecule has 0 saturated carbocycles. The van der Waals surface area contributed by atoms with Gasteiger partial charge < -0.3 is 5.32 Å². The van der Waals surface area contributed by atoms with E-state index in [0.29, 0.717) is 10.6 Å². The van der Waals surface area contributed by atoms with E-state index in [-0.39, 0.29) is 11.9 Å². The van der Waals surface area contributed by atoms with Crippen molar-refractivity contribution < 1.29 is 4.39 Å². The van der Waals surface area contributed by atoms with Crippen LogP contribution in [0.25, 0.3) is 0 Å². The quantitative estimate of drug-likeness (QED) is 0.794. The maximum atomic E-state index is 13.6. The third kappa shape index (κ3) is 3.03. The summed E-state index contributed by atoms with van der Waals surface area (Å²) >= 11 is 9.38. The lowest BCUT2D eigenvalue weighted by molar-refractivity contribution is 0.600. The Balaban J connectivity index is 2.24. The second kappa shape index (κ2) is 5.72. The average Bonchev–Trinajstić information content (AvgIpc) is 2.34. The van der Waals surface area contributed by atoms with Gasteiger partial charge in [0.25, 0.3) is 0 Å². The van der Waals surface area contributed by atoms with E-state index in [1.54, 1.807) is 18.2 Å². The molecule has 0 amide bonds. The Labute approximate surface area is 119 Å². The van der Waals surface area contributed by atoms with Crippen molar-refractivity contribution in [3.63, 3.8) is 0 Å². The Bertz CT molecular complexity index is 559. The number of hydrogen-bond acceptors (Lipinski definition) is 1. The molecule has 0 bridgehead atoms. The van der Waals surface area contributed by atoms with E-state index in [1.165, 1.54) is 6.07 Å². The minimum absolute atomic E-state index is 0.138. The number of benzene rings is 2. The summed E-state index contributed by atoms with van der Waals surface area (Å²) in [5.41, 5.74) is 1.47. The second-order valence-electron chi connectivity index (χ2n) is 4.01. The fourth-order valence-electron chi connectivity index (χ4n) is 1.75. The first-order valence-corrected chi connectivity index (χ1v) is 6.71. The van der Waals surface area contributed by atoms with Gasteiger partial charge in [-0.05, 0) is 47.1 Å². The molecule has 0 aromatic heterocycles. The number of halogens is 3. The van der Waals surface area contributed by atoms with Crippen LogP contribution >= 0.6 is 27.5 Å². The van der Waals surface area contributed by atoms with E-state index >= 15 is 0 Å². The largest absolute Gasteiger partial charge is 0.377 e. The molecule has 2 aromatic carbocycles. The lowest BCUT2D eigenvalue weighted by Gasteiger charge is -2.17. The van der Waals surface area contributed by atoms with Crippen LogP contribution in [0.5, 0.6) is 0 Å². The normalized spacial score (nSPS) is 12.2. The van der Waals surface area contributed by atoms with Gasteiger partial charge in [0.05, 0.1) is 11.7 Å². The molecule has 0 aliphatic carbocycles. The summed E-state index contributed by atoms with van der Waals surface area (Å²) in [6.07, 6.45) is 0. The summed E-state index contributed by atoms with van der Waals surface area (Å²) in [5.74, 6) is -0.212. The minimum Gasteiger partial charge on any atom is -0.377 e. The predicted octanol–water partition coefficient (Wildman–Crippen LogP) is 5.41. The van der Waals surface area contributed by atoms with Crippen LogP contribution in [-0.2, 0) is 0 Å². The van der Waals surface area contributed by atoms with E-state index in [1.807, 2.05) is 25.1 Å². The highest BCUT2D eigenvalue weighted by Gasteiger charge is 2.11. The van der Waals surface area contributed by atoms with Crippen molar-refractivity contribution in [2.75, 3.05) is 5.32 Å². The van der Waals surface area contributed by atoms with E-state index in [9.17, 15) is 4.39 Å². The zero-order valence-corrected chi connectivity index (χ0v) is 12.1. The van der Waals surface area contributed by atoms with Crippen molar-refractivity contribution in [1.29, 1.82) is 0 Å². The molecule has 0 aliphatic rings. The van der Waals surface area contributed by atoms with Crippen molar-refractivity contribution in [1.82, 2.24) is 0 Å². The van der Waals surface area contributed by atoms with Crippen LogP contribution in [0, 0.1) is 5.82 Å². The van der Waals surface area contributed by atoms with Crippen molar-refractivity contribution in [2.24, 2.45) is 0 Å². The van der Waals surface area contributed by atoms with Crippen LogP contribution in [0.15, 0.2) is 46.9 Å². The summed E-state index contributed by atoms with van der Waals surface area (Å²) in [6, 6.07) is 12.1. The molecule has 1 atom stereocenters. The molecular weight excluding hydrogens is 317 g/mol. The molecule has 0 fully saturated rings. The van der Waals surface area contributed by atoms with Crippen LogP contribution in [0.4, 0.5) is 10.1 Å². The molecule has 1 unspecified atom stereocenters. The molecule has 0 saturated heterocycles. The number of anilines is 1. The fraction of sp³-hybridized carbons (Fsp3) is 0.143. The maximum absolute atomic E-state index is 13.6. The first-order chi connectivity index (χ1) is 8.58. The number of hydrogen-bond donors (Lipinski definition) is 1.